The number of rotatable bonds is 1. The molecule has 0 amide bonds. The Kier molecular flexibility index (Phi) is 1.81. The van der Waals surface area contributed by atoms with Gasteiger partial charge in [0.15, 0.2) is 0 Å². The molecule has 1 aromatic rings. The molecule has 0 spiro atoms. The average molecular weight is 207 g/mol. The number of hydrogen-bond donors (Lipinski definition) is 0. The number of para-hydroxylation sites is 1. The van der Waals surface area contributed by atoms with Crippen LogP contribution in [0, 0.1) is 0 Å². The van der Waals surface area contributed by atoms with Crippen LogP contribution in [-0.2, 0) is 5.88 Å². The van der Waals surface area contributed by atoms with E-state index in [2.05, 4.69) is 24.3 Å². The fourth-order valence-electron chi connectivity index (χ4n) is 2.32. The molecular weight excluding hydrogens is 196 g/mol. The predicted octanol–water partition coefficient (Wildman–Crippen LogP) is 3.23. The highest BCUT2D eigenvalue weighted by molar-refractivity contribution is 6.17. The Balaban J connectivity index is 2.12. The second kappa shape index (κ2) is 3.03. The molecule has 3 rings (SSSR count). The smallest absolute Gasteiger partial charge is 0.128 e. The minimum atomic E-state index is 0.328. The number of ether oxygens (including phenoxy) is 1. The third kappa shape index (κ3) is 1.02. The van der Waals surface area contributed by atoms with Crippen molar-refractivity contribution in [2.45, 2.75) is 24.3 Å². The van der Waals surface area contributed by atoms with Crippen LogP contribution in [0.4, 0.5) is 0 Å². The van der Waals surface area contributed by atoms with Gasteiger partial charge in [-0.1, -0.05) is 30.4 Å². The molecular formula is C12H11ClO. The average Bonchev–Trinajstić information content (AvgIpc) is 2.76. The van der Waals surface area contributed by atoms with Gasteiger partial charge in [0.2, 0.25) is 0 Å². The maximum Gasteiger partial charge on any atom is 0.128 e. The van der Waals surface area contributed by atoms with Crippen molar-refractivity contribution in [1.82, 2.24) is 0 Å². The highest BCUT2D eigenvalue weighted by atomic mass is 35.5. The van der Waals surface area contributed by atoms with Crippen LogP contribution in [0.15, 0.2) is 30.4 Å². The van der Waals surface area contributed by atoms with Crippen molar-refractivity contribution in [3.8, 4) is 5.75 Å². The zero-order valence-electron chi connectivity index (χ0n) is 7.74. The zero-order valence-corrected chi connectivity index (χ0v) is 8.50. The normalized spacial score (nSPS) is 27.2. The SMILES string of the molecule is ClCc1cccc2c1OC1CC=CC21. The standard InChI is InChI=1S/C12H11ClO/c13-7-8-3-1-5-10-9-4-2-6-11(9)14-12(8)10/h1-5,9,11H,6-7H2. The second-order valence-corrected chi connectivity index (χ2v) is 4.08. The quantitative estimate of drug-likeness (QED) is 0.507. The number of benzene rings is 1. The van der Waals surface area contributed by atoms with Gasteiger partial charge in [0.1, 0.15) is 11.9 Å². The van der Waals surface area contributed by atoms with Crippen LogP contribution in [0.1, 0.15) is 23.5 Å². The minimum absolute atomic E-state index is 0.328. The van der Waals surface area contributed by atoms with Gasteiger partial charge in [-0.2, -0.15) is 0 Å². The van der Waals surface area contributed by atoms with Crippen LogP contribution in [-0.4, -0.2) is 6.10 Å². The molecule has 2 aliphatic rings. The highest BCUT2D eigenvalue weighted by Crippen LogP contribution is 2.45. The Morgan fingerprint density at radius 3 is 3.21 bits per heavy atom. The number of fused-ring (bicyclic) bond motifs is 3. The molecule has 0 bridgehead atoms. The van der Waals surface area contributed by atoms with Gasteiger partial charge in [-0.25, -0.2) is 0 Å². The van der Waals surface area contributed by atoms with Crippen molar-refractivity contribution in [3.05, 3.63) is 41.5 Å². The monoisotopic (exact) mass is 206 g/mol. The highest BCUT2D eigenvalue weighted by Gasteiger charge is 2.35. The molecule has 0 radical (unpaired) electrons. The van der Waals surface area contributed by atoms with E-state index < -0.39 is 0 Å². The summed E-state index contributed by atoms with van der Waals surface area (Å²) in [4.78, 5) is 0. The van der Waals surface area contributed by atoms with Crippen LogP contribution in [0.3, 0.4) is 0 Å². The van der Waals surface area contributed by atoms with Crippen LogP contribution in [0.25, 0.3) is 0 Å². The molecule has 0 fully saturated rings. The van der Waals surface area contributed by atoms with E-state index in [1.54, 1.807) is 0 Å². The molecule has 0 aromatic heterocycles. The number of hydrogen-bond acceptors (Lipinski definition) is 1. The van der Waals surface area contributed by atoms with Gasteiger partial charge in [-0.3, -0.25) is 0 Å². The maximum absolute atomic E-state index is 5.91. The minimum Gasteiger partial charge on any atom is -0.488 e. The summed E-state index contributed by atoms with van der Waals surface area (Å²) in [5.41, 5.74) is 2.42. The molecule has 1 aromatic carbocycles. The first-order valence-corrected chi connectivity index (χ1v) is 5.44. The topological polar surface area (TPSA) is 9.23 Å². The summed E-state index contributed by atoms with van der Waals surface area (Å²) in [7, 11) is 0. The summed E-state index contributed by atoms with van der Waals surface area (Å²) < 4.78 is 5.91. The lowest BCUT2D eigenvalue weighted by Gasteiger charge is -2.08. The molecule has 1 nitrogen and oxygen atoms in total. The van der Waals surface area contributed by atoms with E-state index in [0.29, 0.717) is 17.9 Å². The number of halogens is 1. The van der Waals surface area contributed by atoms with Crippen LogP contribution in [0.5, 0.6) is 5.75 Å². The molecule has 0 saturated carbocycles. The first-order valence-electron chi connectivity index (χ1n) is 4.91. The second-order valence-electron chi connectivity index (χ2n) is 3.82. The van der Waals surface area contributed by atoms with Crippen molar-refractivity contribution in [1.29, 1.82) is 0 Å². The molecule has 0 saturated heterocycles. The molecule has 2 heteroatoms. The fourth-order valence-corrected chi connectivity index (χ4v) is 2.53. The van der Waals surface area contributed by atoms with E-state index in [4.69, 9.17) is 16.3 Å². The molecule has 0 N–H and O–H groups in total. The summed E-state index contributed by atoms with van der Waals surface area (Å²) in [6.45, 7) is 0. The molecule has 14 heavy (non-hydrogen) atoms. The van der Waals surface area contributed by atoms with Crippen molar-refractivity contribution in [2.75, 3.05) is 0 Å². The van der Waals surface area contributed by atoms with E-state index in [-0.39, 0.29) is 0 Å². The van der Waals surface area contributed by atoms with Gasteiger partial charge in [-0.05, 0) is 0 Å². The molecule has 2 unspecified atom stereocenters. The first kappa shape index (κ1) is 8.37. The summed E-state index contributed by atoms with van der Waals surface area (Å²) in [6.07, 6.45) is 5.80. The Labute approximate surface area is 88.3 Å². The van der Waals surface area contributed by atoms with Gasteiger partial charge >= 0.3 is 0 Å². The molecule has 1 heterocycles. The van der Waals surface area contributed by atoms with Crippen molar-refractivity contribution in [2.24, 2.45) is 0 Å². The zero-order chi connectivity index (χ0) is 9.54. The first-order chi connectivity index (χ1) is 6.90. The molecule has 2 atom stereocenters. The van der Waals surface area contributed by atoms with E-state index >= 15 is 0 Å². The lowest BCUT2D eigenvalue weighted by atomic mass is 9.97. The van der Waals surface area contributed by atoms with Crippen LogP contribution >= 0.6 is 11.6 Å². The lowest BCUT2D eigenvalue weighted by molar-refractivity contribution is 0.230. The Morgan fingerprint density at radius 1 is 1.43 bits per heavy atom. The van der Waals surface area contributed by atoms with Gasteiger partial charge in [0.25, 0.3) is 0 Å². The van der Waals surface area contributed by atoms with E-state index in [1.165, 1.54) is 5.56 Å². The van der Waals surface area contributed by atoms with E-state index in [1.807, 2.05) is 6.07 Å². The summed E-state index contributed by atoms with van der Waals surface area (Å²) >= 11 is 5.87. The van der Waals surface area contributed by atoms with E-state index in [9.17, 15) is 0 Å². The largest absolute Gasteiger partial charge is 0.488 e. The Bertz CT molecular complexity index is 397. The molecule has 1 aliphatic carbocycles. The summed E-state index contributed by atoms with van der Waals surface area (Å²) in [6, 6.07) is 6.25. The Hall–Kier alpha value is -0.950. The predicted molar refractivity (Wildman–Crippen MR) is 56.9 cm³/mol. The number of alkyl halides is 1. The summed E-state index contributed by atoms with van der Waals surface area (Å²) in [5.74, 6) is 2.03. The fraction of sp³-hybridized carbons (Fsp3) is 0.333. The van der Waals surface area contributed by atoms with Gasteiger partial charge < -0.3 is 4.74 Å². The third-order valence-electron chi connectivity index (χ3n) is 3.01. The van der Waals surface area contributed by atoms with Gasteiger partial charge in [-0.15, -0.1) is 11.6 Å². The van der Waals surface area contributed by atoms with Crippen LogP contribution in [0.2, 0.25) is 0 Å². The van der Waals surface area contributed by atoms with Crippen molar-refractivity contribution >= 4 is 11.6 Å². The third-order valence-corrected chi connectivity index (χ3v) is 3.30. The molecule has 72 valence electrons. The van der Waals surface area contributed by atoms with Gasteiger partial charge in [0, 0.05) is 23.5 Å². The van der Waals surface area contributed by atoms with E-state index in [0.717, 1.165) is 17.7 Å². The van der Waals surface area contributed by atoms with Crippen molar-refractivity contribution in [3.63, 3.8) is 0 Å². The summed E-state index contributed by atoms with van der Waals surface area (Å²) in [5, 5.41) is 0. The molecule has 1 aliphatic heterocycles. The maximum atomic E-state index is 5.91. The Morgan fingerprint density at radius 2 is 2.36 bits per heavy atom. The van der Waals surface area contributed by atoms with Crippen LogP contribution < -0.4 is 4.74 Å². The van der Waals surface area contributed by atoms with Gasteiger partial charge in [0.05, 0.1) is 5.88 Å². The lowest BCUT2D eigenvalue weighted by Crippen LogP contribution is -2.11. The van der Waals surface area contributed by atoms with Crippen molar-refractivity contribution < 1.29 is 4.74 Å².